The standard InChI is InChI=1S/C28H27NO4/c1-29-28(31)26-14-23(15-27(33-26)32-17-19-8-6-18(16-30)7-9-19)20-10-11-22-12-21-4-2-3-5-24(21)25(22)13-20/h2-11,13-14,23,27,30H,12,15-17H2,1H3,(H,29,31)/t23-,27+/m0/s1. The molecule has 0 radical (unpaired) electrons. The molecule has 2 aliphatic rings. The van der Waals surface area contributed by atoms with E-state index in [1.165, 1.54) is 22.3 Å². The van der Waals surface area contributed by atoms with E-state index in [4.69, 9.17) is 9.47 Å². The van der Waals surface area contributed by atoms with Crippen LogP contribution in [0.2, 0.25) is 0 Å². The zero-order chi connectivity index (χ0) is 22.8. The topological polar surface area (TPSA) is 67.8 Å². The summed E-state index contributed by atoms with van der Waals surface area (Å²) in [5.74, 6) is 0.0354. The first kappa shape index (κ1) is 21.4. The number of aliphatic hydroxyl groups is 1. The number of hydrogen-bond donors (Lipinski definition) is 2. The molecule has 1 heterocycles. The summed E-state index contributed by atoms with van der Waals surface area (Å²) in [7, 11) is 1.60. The van der Waals surface area contributed by atoms with Gasteiger partial charge in [0.15, 0.2) is 5.76 Å². The summed E-state index contributed by atoms with van der Waals surface area (Å²) in [4.78, 5) is 12.4. The summed E-state index contributed by atoms with van der Waals surface area (Å²) in [5.41, 5.74) is 8.24. The van der Waals surface area contributed by atoms with Crippen molar-refractivity contribution in [3.63, 3.8) is 0 Å². The van der Waals surface area contributed by atoms with Crippen molar-refractivity contribution in [3.05, 3.63) is 106 Å². The van der Waals surface area contributed by atoms with Crippen molar-refractivity contribution in [2.75, 3.05) is 7.05 Å². The largest absolute Gasteiger partial charge is 0.459 e. The van der Waals surface area contributed by atoms with Gasteiger partial charge in [-0.1, -0.05) is 66.7 Å². The van der Waals surface area contributed by atoms with Crippen molar-refractivity contribution in [3.8, 4) is 11.1 Å². The molecule has 0 saturated heterocycles. The second-order valence-electron chi connectivity index (χ2n) is 8.54. The fraction of sp³-hybridized carbons (Fsp3) is 0.250. The van der Waals surface area contributed by atoms with Gasteiger partial charge < -0.3 is 19.9 Å². The molecule has 3 aromatic carbocycles. The molecule has 0 unspecified atom stereocenters. The van der Waals surface area contributed by atoms with Gasteiger partial charge in [0.1, 0.15) is 0 Å². The van der Waals surface area contributed by atoms with Gasteiger partial charge >= 0.3 is 0 Å². The summed E-state index contributed by atoms with van der Waals surface area (Å²) in [5, 5.41) is 11.9. The van der Waals surface area contributed by atoms with E-state index in [-0.39, 0.29) is 24.2 Å². The molecule has 5 heteroatoms. The minimum atomic E-state index is -0.537. The Morgan fingerprint density at radius 2 is 1.79 bits per heavy atom. The monoisotopic (exact) mass is 441 g/mol. The van der Waals surface area contributed by atoms with Crippen LogP contribution in [-0.4, -0.2) is 24.4 Å². The van der Waals surface area contributed by atoms with Crippen LogP contribution in [0.3, 0.4) is 0 Å². The number of aliphatic hydroxyl groups excluding tert-OH is 1. The van der Waals surface area contributed by atoms with Gasteiger partial charge in [-0.25, -0.2) is 0 Å². The van der Waals surface area contributed by atoms with E-state index in [0.29, 0.717) is 13.0 Å². The lowest BCUT2D eigenvalue weighted by atomic mass is 9.90. The number of nitrogens with one attached hydrogen (secondary N) is 1. The average Bonchev–Trinajstić information content (AvgIpc) is 3.25. The number of likely N-dealkylation sites (N-methyl/N-ethyl adjacent to an activating group) is 1. The molecule has 2 atom stereocenters. The predicted molar refractivity (Wildman–Crippen MR) is 126 cm³/mol. The SMILES string of the molecule is CNC(=O)C1=C[C@H](c2ccc3c(c2)-c2ccccc2C3)C[C@H](OCc2ccc(CO)cc2)O1. The smallest absolute Gasteiger partial charge is 0.285 e. The molecule has 0 saturated carbocycles. The van der Waals surface area contributed by atoms with Crippen LogP contribution in [0, 0.1) is 0 Å². The lowest BCUT2D eigenvalue weighted by molar-refractivity contribution is -0.150. The van der Waals surface area contributed by atoms with Crippen molar-refractivity contribution in [2.24, 2.45) is 0 Å². The number of amides is 1. The van der Waals surface area contributed by atoms with Gasteiger partial charge in [0.25, 0.3) is 5.91 Å². The molecule has 1 amide bonds. The first-order valence-corrected chi connectivity index (χ1v) is 11.3. The number of allylic oxidation sites excluding steroid dienone is 1. The first-order chi connectivity index (χ1) is 16.1. The van der Waals surface area contributed by atoms with E-state index >= 15 is 0 Å². The maximum Gasteiger partial charge on any atom is 0.285 e. The number of carbonyl (C=O) groups is 1. The summed E-state index contributed by atoms with van der Waals surface area (Å²) in [6, 6.07) is 22.7. The molecular weight excluding hydrogens is 414 g/mol. The summed E-state index contributed by atoms with van der Waals surface area (Å²) in [6.45, 7) is 0.377. The Hall–Kier alpha value is -3.41. The van der Waals surface area contributed by atoms with Crippen LogP contribution in [-0.2, 0) is 33.9 Å². The van der Waals surface area contributed by atoms with Crippen molar-refractivity contribution < 1.29 is 19.4 Å². The highest BCUT2D eigenvalue weighted by atomic mass is 16.7. The minimum absolute atomic E-state index is 0.00544. The summed E-state index contributed by atoms with van der Waals surface area (Å²) < 4.78 is 12.0. The van der Waals surface area contributed by atoms with Crippen molar-refractivity contribution >= 4 is 5.91 Å². The zero-order valence-electron chi connectivity index (χ0n) is 18.6. The second kappa shape index (κ2) is 9.22. The quantitative estimate of drug-likeness (QED) is 0.465. The fourth-order valence-electron chi connectivity index (χ4n) is 4.58. The molecule has 1 aliphatic heterocycles. The van der Waals surface area contributed by atoms with Crippen LogP contribution in [0.5, 0.6) is 0 Å². The molecule has 5 nitrogen and oxygen atoms in total. The third kappa shape index (κ3) is 4.42. The van der Waals surface area contributed by atoms with Gasteiger partial charge in [-0.2, -0.15) is 0 Å². The highest BCUT2D eigenvalue weighted by Gasteiger charge is 2.29. The Morgan fingerprint density at radius 3 is 2.58 bits per heavy atom. The number of benzene rings is 3. The fourth-order valence-corrected chi connectivity index (χ4v) is 4.58. The average molecular weight is 442 g/mol. The van der Waals surface area contributed by atoms with Crippen LogP contribution in [0.15, 0.2) is 78.6 Å². The zero-order valence-corrected chi connectivity index (χ0v) is 18.6. The Kier molecular flexibility index (Phi) is 5.99. The number of hydrogen-bond acceptors (Lipinski definition) is 4. The molecule has 168 valence electrons. The molecule has 1 aliphatic carbocycles. The molecule has 3 aromatic rings. The Labute approximate surface area is 193 Å². The van der Waals surface area contributed by atoms with Gasteiger partial charge in [-0.15, -0.1) is 0 Å². The predicted octanol–water partition coefficient (Wildman–Crippen LogP) is 4.43. The van der Waals surface area contributed by atoms with Crippen LogP contribution < -0.4 is 5.32 Å². The van der Waals surface area contributed by atoms with Crippen molar-refractivity contribution in [2.45, 2.75) is 38.3 Å². The van der Waals surface area contributed by atoms with Crippen molar-refractivity contribution in [1.29, 1.82) is 0 Å². The van der Waals surface area contributed by atoms with E-state index in [1.807, 2.05) is 30.3 Å². The molecule has 2 N–H and O–H groups in total. The summed E-state index contributed by atoms with van der Waals surface area (Å²) >= 11 is 0. The highest BCUT2D eigenvalue weighted by molar-refractivity contribution is 5.91. The molecule has 0 aromatic heterocycles. The van der Waals surface area contributed by atoms with E-state index in [1.54, 1.807) is 7.05 Å². The normalized spacial score (nSPS) is 18.7. The summed E-state index contributed by atoms with van der Waals surface area (Å²) in [6.07, 6.45) is 2.94. The maximum atomic E-state index is 12.4. The lowest BCUT2D eigenvalue weighted by Crippen LogP contribution is -2.31. The van der Waals surface area contributed by atoms with Crippen molar-refractivity contribution in [1.82, 2.24) is 5.32 Å². The number of carbonyl (C=O) groups excluding carboxylic acids is 1. The van der Waals surface area contributed by atoms with Crippen LogP contribution in [0.1, 0.15) is 40.2 Å². The highest BCUT2D eigenvalue weighted by Crippen LogP contribution is 2.40. The van der Waals surface area contributed by atoms with Crippen LogP contribution in [0.25, 0.3) is 11.1 Å². The molecule has 0 spiro atoms. The lowest BCUT2D eigenvalue weighted by Gasteiger charge is -2.29. The number of rotatable bonds is 6. The Bertz CT molecular complexity index is 1200. The minimum Gasteiger partial charge on any atom is -0.459 e. The van der Waals surface area contributed by atoms with E-state index in [0.717, 1.165) is 23.1 Å². The second-order valence-corrected chi connectivity index (χ2v) is 8.54. The van der Waals surface area contributed by atoms with Crippen LogP contribution in [0.4, 0.5) is 0 Å². The van der Waals surface area contributed by atoms with E-state index < -0.39 is 6.29 Å². The van der Waals surface area contributed by atoms with Gasteiger partial charge in [-0.05, 0) is 51.4 Å². The molecule has 33 heavy (non-hydrogen) atoms. The molecular formula is C28H27NO4. The third-order valence-electron chi connectivity index (χ3n) is 6.40. The van der Waals surface area contributed by atoms with Crippen LogP contribution >= 0.6 is 0 Å². The Balaban J connectivity index is 1.38. The molecule has 0 fully saturated rings. The Morgan fingerprint density at radius 1 is 1.03 bits per heavy atom. The number of ether oxygens (including phenoxy) is 2. The molecule has 5 rings (SSSR count). The maximum absolute atomic E-state index is 12.4. The number of fused-ring (bicyclic) bond motifs is 3. The van der Waals surface area contributed by atoms with Gasteiger partial charge in [-0.3, -0.25) is 4.79 Å². The first-order valence-electron chi connectivity index (χ1n) is 11.3. The van der Waals surface area contributed by atoms with Gasteiger partial charge in [0, 0.05) is 19.4 Å². The van der Waals surface area contributed by atoms with Gasteiger partial charge in [0.05, 0.1) is 13.2 Å². The molecule has 0 bridgehead atoms. The van der Waals surface area contributed by atoms with E-state index in [9.17, 15) is 9.90 Å². The third-order valence-corrected chi connectivity index (χ3v) is 6.40. The van der Waals surface area contributed by atoms with Gasteiger partial charge in [0.2, 0.25) is 6.29 Å². The van der Waals surface area contributed by atoms with E-state index in [2.05, 4.69) is 47.8 Å².